The van der Waals surface area contributed by atoms with E-state index in [0.29, 0.717) is 23.4 Å². The molecule has 0 unspecified atom stereocenters. The normalized spacial score (nSPS) is 20.2. The molecule has 2 aromatic rings. The van der Waals surface area contributed by atoms with Gasteiger partial charge in [0, 0.05) is 36.9 Å². The molecule has 0 aliphatic carbocycles. The van der Waals surface area contributed by atoms with Crippen LogP contribution in [0.5, 0.6) is 0 Å². The van der Waals surface area contributed by atoms with Gasteiger partial charge in [-0.3, -0.25) is 0 Å². The summed E-state index contributed by atoms with van der Waals surface area (Å²) in [6, 6.07) is 2.93. The van der Waals surface area contributed by atoms with Crippen LogP contribution >= 0.6 is 0 Å². The third kappa shape index (κ3) is 3.66. The number of halogens is 3. The van der Waals surface area contributed by atoms with Crippen LogP contribution in [0, 0.1) is 17.2 Å². The second-order valence-corrected chi connectivity index (χ2v) is 6.31. The molecule has 0 aromatic carbocycles. The van der Waals surface area contributed by atoms with Gasteiger partial charge in [-0.15, -0.1) is 0 Å². The number of urea groups is 1. The molecular weight excluding hydrogens is 349 g/mol. The van der Waals surface area contributed by atoms with Crippen molar-refractivity contribution in [1.82, 2.24) is 20.2 Å². The predicted octanol–water partition coefficient (Wildman–Crippen LogP) is 2.44. The number of hydrogen-bond donors (Lipinski definition) is 3. The van der Waals surface area contributed by atoms with Gasteiger partial charge in [0.05, 0.1) is 11.3 Å². The minimum absolute atomic E-state index is 0.000312. The lowest BCUT2D eigenvalue weighted by molar-refractivity contribution is -0.123. The Morgan fingerprint density at radius 1 is 1.50 bits per heavy atom. The third-order valence-electron chi connectivity index (χ3n) is 4.38. The summed E-state index contributed by atoms with van der Waals surface area (Å²) in [5.74, 6) is 0.000312. The van der Waals surface area contributed by atoms with Crippen molar-refractivity contribution in [3.05, 3.63) is 24.0 Å². The van der Waals surface area contributed by atoms with Crippen LogP contribution < -0.4 is 10.6 Å². The van der Waals surface area contributed by atoms with Crippen molar-refractivity contribution in [1.29, 1.82) is 5.26 Å². The molecule has 2 aromatic heterocycles. The summed E-state index contributed by atoms with van der Waals surface area (Å²) in [7, 11) is 0. The minimum Gasteiger partial charge on any atom is -0.378 e. The second kappa shape index (κ2) is 6.74. The summed E-state index contributed by atoms with van der Waals surface area (Å²) >= 11 is 0. The standard InChI is InChI=1S/C16H17F3N6O/c1-9-6-25(15(26)23-8-16(17,18)19)7-12(9)24-13-10(4-20)5-22-14-11(13)2-3-21-14/h2-3,5,9,12H,6-8H2,1H3,(H,23,26)(H2,21,22,24)/t9-,12+/m1/s1. The number of rotatable bonds is 3. The van der Waals surface area contributed by atoms with Crippen molar-refractivity contribution in [2.45, 2.75) is 19.1 Å². The van der Waals surface area contributed by atoms with Gasteiger partial charge in [-0.2, -0.15) is 18.4 Å². The van der Waals surface area contributed by atoms with Crippen molar-refractivity contribution in [3.8, 4) is 6.07 Å². The summed E-state index contributed by atoms with van der Waals surface area (Å²) in [6.07, 6.45) is -1.29. The smallest absolute Gasteiger partial charge is 0.378 e. The number of pyridine rings is 1. The number of anilines is 1. The summed E-state index contributed by atoms with van der Waals surface area (Å²) < 4.78 is 36.8. The number of nitriles is 1. The maximum absolute atomic E-state index is 12.3. The molecule has 1 fully saturated rings. The number of carbonyl (C=O) groups excluding carboxylic acids is 1. The number of carbonyl (C=O) groups is 1. The number of aromatic nitrogens is 2. The van der Waals surface area contributed by atoms with Crippen LogP contribution in [0.1, 0.15) is 12.5 Å². The third-order valence-corrected chi connectivity index (χ3v) is 4.38. The molecule has 3 rings (SSSR count). The molecule has 7 nitrogen and oxygen atoms in total. The topological polar surface area (TPSA) is 96.8 Å². The van der Waals surface area contributed by atoms with Crippen molar-refractivity contribution in [2.75, 3.05) is 25.0 Å². The van der Waals surface area contributed by atoms with Gasteiger partial charge in [0.15, 0.2) is 0 Å². The average molecular weight is 366 g/mol. The first-order valence-corrected chi connectivity index (χ1v) is 8.00. The van der Waals surface area contributed by atoms with Gasteiger partial charge in [-0.1, -0.05) is 6.92 Å². The van der Waals surface area contributed by atoms with Gasteiger partial charge in [0.2, 0.25) is 0 Å². The molecule has 1 aliphatic rings. The molecule has 3 N–H and O–H groups in total. The number of hydrogen-bond acceptors (Lipinski definition) is 4. The zero-order chi connectivity index (χ0) is 18.9. The number of nitrogens with one attached hydrogen (secondary N) is 3. The van der Waals surface area contributed by atoms with Crippen LogP contribution in [0.2, 0.25) is 0 Å². The van der Waals surface area contributed by atoms with E-state index in [9.17, 15) is 23.2 Å². The Morgan fingerprint density at radius 3 is 2.96 bits per heavy atom. The number of nitrogens with zero attached hydrogens (tertiary/aromatic N) is 3. The monoisotopic (exact) mass is 366 g/mol. The highest BCUT2D eigenvalue weighted by atomic mass is 19.4. The molecule has 2 atom stereocenters. The van der Waals surface area contributed by atoms with Gasteiger partial charge in [-0.25, -0.2) is 9.78 Å². The van der Waals surface area contributed by atoms with E-state index in [2.05, 4.69) is 21.4 Å². The predicted molar refractivity (Wildman–Crippen MR) is 88.4 cm³/mol. The molecule has 0 radical (unpaired) electrons. The van der Waals surface area contributed by atoms with E-state index in [1.807, 2.05) is 12.2 Å². The van der Waals surface area contributed by atoms with E-state index in [-0.39, 0.29) is 18.5 Å². The van der Waals surface area contributed by atoms with Gasteiger partial charge < -0.3 is 20.5 Å². The Morgan fingerprint density at radius 2 is 2.27 bits per heavy atom. The van der Waals surface area contributed by atoms with Gasteiger partial charge in [-0.05, 0) is 12.0 Å². The van der Waals surface area contributed by atoms with E-state index in [1.54, 1.807) is 12.3 Å². The Kier molecular flexibility index (Phi) is 4.63. The molecule has 26 heavy (non-hydrogen) atoms. The highest BCUT2D eigenvalue weighted by Crippen LogP contribution is 2.29. The zero-order valence-electron chi connectivity index (χ0n) is 13.9. The molecular formula is C16H17F3N6O. The molecule has 3 heterocycles. The van der Waals surface area contributed by atoms with Crippen LogP contribution in [0.4, 0.5) is 23.7 Å². The fourth-order valence-corrected chi connectivity index (χ4v) is 3.04. The maximum Gasteiger partial charge on any atom is 0.405 e. The Bertz CT molecular complexity index is 856. The summed E-state index contributed by atoms with van der Waals surface area (Å²) in [5, 5.41) is 15.2. The summed E-state index contributed by atoms with van der Waals surface area (Å²) in [6.45, 7) is 1.10. The molecule has 138 valence electrons. The Hall–Kier alpha value is -2.96. The van der Waals surface area contributed by atoms with Crippen LogP contribution in [0.3, 0.4) is 0 Å². The van der Waals surface area contributed by atoms with Crippen LogP contribution in [-0.4, -0.2) is 52.8 Å². The van der Waals surface area contributed by atoms with Gasteiger partial charge >= 0.3 is 12.2 Å². The fourth-order valence-electron chi connectivity index (χ4n) is 3.04. The lowest BCUT2D eigenvalue weighted by atomic mass is 10.1. The lowest BCUT2D eigenvalue weighted by Gasteiger charge is -2.20. The molecule has 0 saturated carbocycles. The number of fused-ring (bicyclic) bond motifs is 1. The maximum atomic E-state index is 12.3. The molecule has 1 saturated heterocycles. The number of likely N-dealkylation sites (tertiary alicyclic amines) is 1. The summed E-state index contributed by atoms with van der Waals surface area (Å²) in [5.41, 5.74) is 1.59. The number of H-pyrrole nitrogens is 1. The number of alkyl halides is 3. The highest BCUT2D eigenvalue weighted by molar-refractivity contribution is 5.92. The number of amides is 2. The quantitative estimate of drug-likeness (QED) is 0.777. The first kappa shape index (κ1) is 17.8. The van der Waals surface area contributed by atoms with E-state index in [4.69, 9.17) is 0 Å². The largest absolute Gasteiger partial charge is 0.405 e. The summed E-state index contributed by atoms with van der Waals surface area (Å²) in [4.78, 5) is 20.4. The first-order chi connectivity index (χ1) is 12.3. The Balaban J connectivity index is 1.73. The SMILES string of the molecule is C[C@@H]1CN(C(=O)NCC(F)(F)F)C[C@@H]1Nc1c(C#N)cnc2[nH]ccc12. The van der Waals surface area contributed by atoms with Crippen molar-refractivity contribution >= 4 is 22.8 Å². The van der Waals surface area contributed by atoms with Crippen molar-refractivity contribution < 1.29 is 18.0 Å². The van der Waals surface area contributed by atoms with Crippen LogP contribution in [0.15, 0.2) is 18.5 Å². The fraction of sp³-hybridized carbons (Fsp3) is 0.438. The molecule has 2 amide bonds. The molecule has 1 aliphatic heterocycles. The van der Waals surface area contributed by atoms with Gasteiger partial charge in [0.25, 0.3) is 0 Å². The van der Waals surface area contributed by atoms with E-state index < -0.39 is 18.8 Å². The first-order valence-electron chi connectivity index (χ1n) is 8.00. The number of aromatic amines is 1. The minimum atomic E-state index is -4.45. The zero-order valence-corrected chi connectivity index (χ0v) is 13.9. The van der Waals surface area contributed by atoms with Gasteiger partial charge in [0.1, 0.15) is 18.3 Å². The highest BCUT2D eigenvalue weighted by Gasteiger charge is 2.35. The molecule has 10 heteroatoms. The lowest BCUT2D eigenvalue weighted by Crippen LogP contribution is -2.43. The van der Waals surface area contributed by atoms with Crippen molar-refractivity contribution in [2.24, 2.45) is 5.92 Å². The van der Waals surface area contributed by atoms with Crippen LogP contribution in [-0.2, 0) is 0 Å². The van der Waals surface area contributed by atoms with E-state index >= 15 is 0 Å². The average Bonchev–Trinajstić information content (AvgIpc) is 3.19. The second-order valence-electron chi connectivity index (χ2n) is 6.31. The molecule has 0 spiro atoms. The molecule has 0 bridgehead atoms. The van der Waals surface area contributed by atoms with E-state index in [0.717, 1.165) is 5.39 Å². The van der Waals surface area contributed by atoms with Crippen LogP contribution in [0.25, 0.3) is 11.0 Å². The van der Waals surface area contributed by atoms with E-state index in [1.165, 1.54) is 11.1 Å². The Labute approximate surface area is 147 Å². The van der Waals surface area contributed by atoms with Crippen molar-refractivity contribution in [3.63, 3.8) is 0 Å².